The SMILES string of the molecule is CC1Oc2cc(cnc2N)-c2c(nn(C)c2C#N)CN(C)Cc2ccc(F)cc21. The molecule has 3 aromatic rings. The van der Waals surface area contributed by atoms with Gasteiger partial charge in [0.2, 0.25) is 0 Å². The Bertz CT molecular complexity index is 1130. The van der Waals surface area contributed by atoms with E-state index in [4.69, 9.17) is 10.5 Å². The molecule has 0 saturated carbocycles. The first kappa shape index (κ1) is 18.9. The lowest BCUT2D eigenvalue weighted by Gasteiger charge is -2.24. The fraction of sp³-hybridized carbons (Fsp3) is 0.286. The van der Waals surface area contributed by atoms with Gasteiger partial charge >= 0.3 is 0 Å². The van der Waals surface area contributed by atoms with Crippen LogP contribution in [-0.2, 0) is 20.1 Å². The molecular formula is C21H21FN6O. The van der Waals surface area contributed by atoms with E-state index in [9.17, 15) is 9.65 Å². The third-order valence-corrected chi connectivity index (χ3v) is 5.11. The van der Waals surface area contributed by atoms with Gasteiger partial charge in [-0.3, -0.25) is 9.58 Å². The van der Waals surface area contributed by atoms with Crippen LogP contribution in [0.3, 0.4) is 0 Å². The number of nitrogens with two attached hydrogens (primary N) is 1. The normalized spacial score (nSPS) is 16.6. The number of halogens is 1. The van der Waals surface area contributed by atoms with Crippen molar-refractivity contribution >= 4 is 5.82 Å². The highest BCUT2D eigenvalue weighted by Crippen LogP contribution is 2.35. The number of nitriles is 1. The van der Waals surface area contributed by atoms with Crippen molar-refractivity contribution in [3.05, 3.63) is 58.8 Å². The molecule has 0 radical (unpaired) electrons. The summed E-state index contributed by atoms with van der Waals surface area (Å²) in [7, 11) is 3.70. The number of hydrogen-bond acceptors (Lipinski definition) is 6. The van der Waals surface area contributed by atoms with Crippen molar-refractivity contribution in [3.63, 3.8) is 0 Å². The van der Waals surface area contributed by atoms with Crippen LogP contribution >= 0.6 is 0 Å². The number of ether oxygens (including phenoxy) is 1. The number of aromatic nitrogens is 3. The predicted molar refractivity (Wildman–Crippen MR) is 106 cm³/mol. The third kappa shape index (κ3) is 3.41. The lowest BCUT2D eigenvalue weighted by atomic mass is 10.0. The number of rotatable bonds is 0. The maximum atomic E-state index is 14.0. The Morgan fingerprint density at radius 1 is 1.28 bits per heavy atom. The summed E-state index contributed by atoms with van der Waals surface area (Å²) in [5.41, 5.74) is 10.4. The van der Waals surface area contributed by atoms with Gasteiger partial charge in [0.15, 0.2) is 11.6 Å². The van der Waals surface area contributed by atoms with E-state index in [0.717, 1.165) is 16.8 Å². The number of pyridine rings is 1. The standard InChI is InChI=1S/C21H21FN6O/c1-12-16-7-15(22)5-4-13(16)10-27(2)11-17-20(18(8-23)28(3)26-17)14-6-19(29-12)21(24)25-9-14/h4-7,9,12H,10-11H2,1-3H3,(H2,24,25). The Kier molecular flexibility index (Phi) is 4.68. The van der Waals surface area contributed by atoms with E-state index in [0.29, 0.717) is 35.7 Å². The molecule has 1 aromatic carbocycles. The van der Waals surface area contributed by atoms with Gasteiger partial charge in [-0.1, -0.05) is 6.07 Å². The molecule has 3 heterocycles. The van der Waals surface area contributed by atoms with Gasteiger partial charge in [-0.15, -0.1) is 0 Å². The van der Waals surface area contributed by atoms with Gasteiger partial charge in [0.25, 0.3) is 0 Å². The van der Waals surface area contributed by atoms with E-state index in [2.05, 4.69) is 21.1 Å². The van der Waals surface area contributed by atoms with Gasteiger partial charge in [-0.05, 0) is 43.3 Å². The van der Waals surface area contributed by atoms with Crippen LogP contribution in [-0.4, -0.2) is 26.7 Å². The Labute approximate surface area is 168 Å². The topological polar surface area (TPSA) is 93.0 Å². The highest BCUT2D eigenvalue weighted by atomic mass is 19.1. The monoisotopic (exact) mass is 392 g/mol. The molecule has 0 fully saturated rings. The highest BCUT2D eigenvalue weighted by molar-refractivity contribution is 5.73. The maximum Gasteiger partial charge on any atom is 0.166 e. The van der Waals surface area contributed by atoms with E-state index in [1.165, 1.54) is 12.1 Å². The summed E-state index contributed by atoms with van der Waals surface area (Å²) >= 11 is 0. The lowest BCUT2D eigenvalue weighted by molar-refractivity contribution is 0.222. The second kappa shape index (κ2) is 7.18. The van der Waals surface area contributed by atoms with Gasteiger partial charge < -0.3 is 10.5 Å². The average molecular weight is 392 g/mol. The minimum Gasteiger partial charge on any atom is -0.482 e. The third-order valence-electron chi connectivity index (χ3n) is 5.11. The highest BCUT2D eigenvalue weighted by Gasteiger charge is 2.23. The zero-order chi connectivity index (χ0) is 20.7. The first-order chi connectivity index (χ1) is 13.9. The first-order valence-corrected chi connectivity index (χ1v) is 9.22. The summed E-state index contributed by atoms with van der Waals surface area (Å²) in [6.45, 7) is 2.94. The summed E-state index contributed by atoms with van der Waals surface area (Å²) in [5, 5.41) is 14.2. The number of benzene rings is 1. The number of nitrogen functional groups attached to an aromatic ring is 1. The van der Waals surface area contributed by atoms with Gasteiger partial charge in [0.1, 0.15) is 23.7 Å². The second-order valence-electron chi connectivity index (χ2n) is 7.29. The van der Waals surface area contributed by atoms with E-state index in [1.54, 1.807) is 30.1 Å². The molecule has 148 valence electrons. The molecule has 1 aliphatic rings. The summed E-state index contributed by atoms with van der Waals surface area (Å²) in [6.07, 6.45) is 1.19. The van der Waals surface area contributed by atoms with Gasteiger partial charge in [-0.25, -0.2) is 9.37 Å². The van der Waals surface area contributed by atoms with Crippen LogP contribution in [0.25, 0.3) is 11.1 Å². The summed E-state index contributed by atoms with van der Waals surface area (Å²) < 4.78 is 21.6. The Morgan fingerprint density at radius 3 is 2.83 bits per heavy atom. The van der Waals surface area contributed by atoms with Crippen LogP contribution < -0.4 is 10.5 Å². The van der Waals surface area contributed by atoms with Crippen LogP contribution in [0.15, 0.2) is 30.5 Å². The predicted octanol–water partition coefficient (Wildman–Crippen LogP) is 3.16. The number of anilines is 1. The molecule has 0 saturated heterocycles. The quantitative estimate of drug-likeness (QED) is 0.632. The van der Waals surface area contributed by atoms with Crippen molar-refractivity contribution < 1.29 is 9.13 Å². The fourth-order valence-electron chi connectivity index (χ4n) is 3.75. The van der Waals surface area contributed by atoms with E-state index >= 15 is 0 Å². The summed E-state index contributed by atoms with van der Waals surface area (Å²) in [6, 6.07) is 8.70. The van der Waals surface area contributed by atoms with E-state index in [-0.39, 0.29) is 11.6 Å². The molecule has 8 heteroatoms. The lowest BCUT2D eigenvalue weighted by Crippen LogP contribution is -2.20. The minimum atomic E-state index is -0.434. The Hall–Kier alpha value is -3.44. The molecule has 0 aliphatic carbocycles. The first-order valence-electron chi connectivity index (χ1n) is 9.22. The van der Waals surface area contributed by atoms with Crippen molar-refractivity contribution in [2.45, 2.75) is 26.1 Å². The molecule has 0 spiro atoms. The minimum absolute atomic E-state index is 0.233. The molecule has 1 atom stereocenters. The van der Waals surface area contributed by atoms with Crippen molar-refractivity contribution in [2.75, 3.05) is 12.8 Å². The Morgan fingerprint density at radius 2 is 2.07 bits per heavy atom. The molecule has 0 amide bonds. The van der Waals surface area contributed by atoms with E-state index in [1.807, 2.05) is 14.0 Å². The second-order valence-corrected chi connectivity index (χ2v) is 7.29. The summed E-state index contributed by atoms with van der Waals surface area (Å²) in [5.74, 6) is 0.300. The maximum absolute atomic E-state index is 14.0. The van der Waals surface area contributed by atoms with E-state index < -0.39 is 6.10 Å². The molecular weight excluding hydrogens is 371 g/mol. The van der Waals surface area contributed by atoms with Crippen LogP contribution in [0.2, 0.25) is 0 Å². The number of nitrogens with zero attached hydrogens (tertiary/aromatic N) is 5. The number of fused-ring (bicyclic) bond motifs is 5. The molecule has 2 N–H and O–H groups in total. The number of hydrogen-bond donors (Lipinski definition) is 1. The summed E-state index contributed by atoms with van der Waals surface area (Å²) in [4.78, 5) is 6.33. The van der Waals surface area contributed by atoms with Gasteiger partial charge in [-0.2, -0.15) is 10.4 Å². The molecule has 1 aliphatic heterocycles. The molecule has 2 aromatic heterocycles. The number of aryl methyl sites for hydroxylation is 1. The van der Waals surface area contributed by atoms with Gasteiger partial charge in [0, 0.05) is 37.5 Å². The zero-order valence-corrected chi connectivity index (χ0v) is 16.5. The van der Waals surface area contributed by atoms with Crippen LogP contribution in [0.5, 0.6) is 5.75 Å². The molecule has 29 heavy (non-hydrogen) atoms. The Balaban J connectivity index is 1.93. The van der Waals surface area contributed by atoms with Crippen LogP contribution in [0, 0.1) is 17.1 Å². The van der Waals surface area contributed by atoms with Crippen molar-refractivity contribution in [1.82, 2.24) is 19.7 Å². The molecule has 2 bridgehead atoms. The molecule has 7 nitrogen and oxygen atoms in total. The van der Waals surface area contributed by atoms with Crippen LogP contribution in [0.1, 0.15) is 35.5 Å². The largest absolute Gasteiger partial charge is 0.482 e. The van der Waals surface area contributed by atoms with Crippen LogP contribution in [0.4, 0.5) is 10.2 Å². The zero-order valence-electron chi connectivity index (χ0n) is 16.5. The smallest absolute Gasteiger partial charge is 0.166 e. The van der Waals surface area contributed by atoms with Crippen molar-refractivity contribution in [2.24, 2.45) is 7.05 Å². The van der Waals surface area contributed by atoms with Gasteiger partial charge in [0.05, 0.1) is 5.69 Å². The van der Waals surface area contributed by atoms with Crippen molar-refractivity contribution in [1.29, 1.82) is 5.26 Å². The molecule has 4 rings (SSSR count). The average Bonchev–Trinajstić information content (AvgIpc) is 2.98. The molecule has 1 unspecified atom stereocenters. The van der Waals surface area contributed by atoms with Crippen molar-refractivity contribution in [3.8, 4) is 22.9 Å². The fourth-order valence-corrected chi connectivity index (χ4v) is 3.75.